The second-order valence-electron chi connectivity index (χ2n) is 5.79. The molecule has 0 unspecified atom stereocenters. The predicted molar refractivity (Wildman–Crippen MR) is 70.9 cm³/mol. The standard InChI is InChI=1S/C13H25N3O2/c1-4-7-16(9-13(2,3)8-14)12(18)10-5-6-11(17)15-10/h10H,4-9,14H2,1-3H3,(H,15,17)/t10-/m0/s1. The highest BCUT2D eigenvalue weighted by Gasteiger charge is 2.32. The molecule has 0 radical (unpaired) electrons. The zero-order valence-electron chi connectivity index (χ0n) is 11.7. The third-order valence-corrected chi connectivity index (χ3v) is 3.27. The molecule has 1 aliphatic rings. The van der Waals surface area contributed by atoms with E-state index in [0.29, 0.717) is 32.5 Å². The fourth-order valence-electron chi connectivity index (χ4n) is 2.14. The Morgan fingerprint density at radius 2 is 2.22 bits per heavy atom. The average Bonchev–Trinajstić information content (AvgIpc) is 2.74. The molecule has 3 N–H and O–H groups in total. The molecule has 5 nitrogen and oxygen atoms in total. The van der Waals surface area contributed by atoms with Crippen LogP contribution in [0, 0.1) is 5.41 Å². The Hall–Kier alpha value is -1.10. The maximum absolute atomic E-state index is 12.3. The first-order valence-electron chi connectivity index (χ1n) is 6.68. The first-order valence-corrected chi connectivity index (χ1v) is 6.68. The van der Waals surface area contributed by atoms with Crippen LogP contribution >= 0.6 is 0 Å². The van der Waals surface area contributed by atoms with Gasteiger partial charge in [-0.05, 0) is 24.8 Å². The molecule has 0 aromatic rings. The van der Waals surface area contributed by atoms with Gasteiger partial charge in [0.15, 0.2) is 0 Å². The summed E-state index contributed by atoms with van der Waals surface area (Å²) in [7, 11) is 0. The summed E-state index contributed by atoms with van der Waals surface area (Å²) in [5, 5.41) is 2.73. The van der Waals surface area contributed by atoms with E-state index in [1.165, 1.54) is 0 Å². The van der Waals surface area contributed by atoms with Gasteiger partial charge in [-0.15, -0.1) is 0 Å². The summed E-state index contributed by atoms with van der Waals surface area (Å²) < 4.78 is 0. The molecule has 1 heterocycles. The van der Waals surface area contributed by atoms with Crippen molar-refractivity contribution in [2.75, 3.05) is 19.6 Å². The van der Waals surface area contributed by atoms with Gasteiger partial charge in [0, 0.05) is 19.5 Å². The average molecular weight is 255 g/mol. The topological polar surface area (TPSA) is 75.4 Å². The van der Waals surface area contributed by atoms with E-state index in [2.05, 4.69) is 19.2 Å². The van der Waals surface area contributed by atoms with Crippen LogP contribution in [0.2, 0.25) is 0 Å². The third-order valence-electron chi connectivity index (χ3n) is 3.27. The van der Waals surface area contributed by atoms with Crippen molar-refractivity contribution in [1.82, 2.24) is 10.2 Å². The number of nitrogens with one attached hydrogen (secondary N) is 1. The molecule has 1 fully saturated rings. The Kier molecular flexibility index (Phi) is 5.14. The number of nitrogens with two attached hydrogens (primary N) is 1. The number of amides is 2. The summed E-state index contributed by atoms with van der Waals surface area (Å²) in [5.74, 6) is 0.00658. The first-order chi connectivity index (χ1) is 8.39. The highest BCUT2D eigenvalue weighted by molar-refractivity contribution is 5.90. The summed E-state index contributed by atoms with van der Waals surface area (Å²) in [5.41, 5.74) is 5.63. The van der Waals surface area contributed by atoms with Crippen molar-refractivity contribution < 1.29 is 9.59 Å². The highest BCUT2D eigenvalue weighted by Crippen LogP contribution is 2.18. The fraction of sp³-hybridized carbons (Fsp3) is 0.846. The molecule has 1 atom stereocenters. The van der Waals surface area contributed by atoms with E-state index in [4.69, 9.17) is 5.73 Å². The number of nitrogens with zero attached hydrogens (tertiary/aromatic N) is 1. The molecule has 1 saturated heterocycles. The van der Waals surface area contributed by atoms with E-state index in [1.807, 2.05) is 11.8 Å². The molecule has 0 saturated carbocycles. The number of hydrogen-bond donors (Lipinski definition) is 2. The van der Waals surface area contributed by atoms with Crippen LogP contribution < -0.4 is 11.1 Å². The molecule has 0 spiro atoms. The lowest BCUT2D eigenvalue weighted by Crippen LogP contribution is -2.49. The van der Waals surface area contributed by atoms with Gasteiger partial charge in [0.25, 0.3) is 0 Å². The molecule has 1 rings (SSSR count). The van der Waals surface area contributed by atoms with Crippen LogP contribution in [0.4, 0.5) is 0 Å². The Morgan fingerprint density at radius 3 is 2.67 bits per heavy atom. The summed E-state index contributed by atoms with van der Waals surface area (Å²) in [6.07, 6.45) is 1.98. The molecule has 104 valence electrons. The van der Waals surface area contributed by atoms with Gasteiger partial charge < -0.3 is 16.0 Å². The number of carbonyl (C=O) groups is 2. The van der Waals surface area contributed by atoms with Gasteiger partial charge in [0.1, 0.15) is 6.04 Å². The van der Waals surface area contributed by atoms with Crippen LogP contribution in [0.3, 0.4) is 0 Å². The summed E-state index contributed by atoms with van der Waals surface area (Å²) >= 11 is 0. The highest BCUT2D eigenvalue weighted by atomic mass is 16.2. The Morgan fingerprint density at radius 1 is 1.56 bits per heavy atom. The summed E-state index contributed by atoms with van der Waals surface area (Å²) in [6.45, 7) is 8.05. The summed E-state index contributed by atoms with van der Waals surface area (Å²) in [4.78, 5) is 25.4. The smallest absolute Gasteiger partial charge is 0.245 e. The van der Waals surface area contributed by atoms with Crippen molar-refractivity contribution in [3.8, 4) is 0 Å². The van der Waals surface area contributed by atoms with Crippen molar-refractivity contribution in [3.05, 3.63) is 0 Å². The largest absolute Gasteiger partial charge is 0.344 e. The lowest BCUT2D eigenvalue weighted by molar-refractivity contribution is -0.135. The minimum Gasteiger partial charge on any atom is -0.344 e. The fourth-order valence-corrected chi connectivity index (χ4v) is 2.14. The van der Waals surface area contributed by atoms with E-state index < -0.39 is 0 Å². The molecule has 2 amide bonds. The Bertz CT molecular complexity index is 315. The molecule has 0 aliphatic carbocycles. The Labute approximate surface area is 109 Å². The van der Waals surface area contributed by atoms with Gasteiger partial charge in [0.05, 0.1) is 0 Å². The maximum Gasteiger partial charge on any atom is 0.245 e. The summed E-state index contributed by atoms with van der Waals surface area (Å²) in [6, 6.07) is -0.336. The van der Waals surface area contributed by atoms with Crippen molar-refractivity contribution in [3.63, 3.8) is 0 Å². The molecule has 1 aliphatic heterocycles. The second kappa shape index (κ2) is 6.18. The van der Waals surface area contributed by atoms with Crippen LogP contribution in [-0.2, 0) is 9.59 Å². The van der Waals surface area contributed by atoms with Gasteiger partial charge in [-0.2, -0.15) is 0 Å². The number of hydrogen-bond acceptors (Lipinski definition) is 3. The third kappa shape index (κ3) is 3.98. The van der Waals surface area contributed by atoms with Crippen molar-refractivity contribution in [2.45, 2.75) is 46.1 Å². The monoisotopic (exact) mass is 255 g/mol. The number of rotatable bonds is 6. The van der Waals surface area contributed by atoms with Gasteiger partial charge >= 0.3 is 0 Å². The van der Waals surface area contributed by atoms with E-state index in [1.54, 1.807) is 0 Å². The van der Waals surface area contributed by atoms with E-state index in [-0.39, 0.29) is 23.3 Å². The molecule has 0 bridgehead atoms. The normalized spacial score (nSPS) is 19.8. The van der Waals surface area contributed by atoms with Crippen LogP contribution in [0.1, 0.15) is 40.0 Å². The van der Waals surface area contributed by atoms with Crippen molar-refractivity contribution in [1.29, 1.82) is 0 Å². The molecule has 5 heteroatoms. The van der Waals surface area contributed by atoms with E-state index >= 15 is 0 Å². The first kappa shape index (κ1) is 15.0. The zero-order valence-corrected chi connectivity index (χ0v) is 11.7. The Balaban J connectivity index is 2.66. The minimum atomic E-state index is -0.336. The molecule has 18 heavy (non-hydrogen) atoms. The van der Waals surface area contributed by atoms with E-state index in [0.717, 1.165) is 6.42 Å². The quantitative estimate of drug-likeness (QED) is 0.725. The van der Waals surface area contributed by atoms with Crippen LogP contribution in [0.25, 0.3) is 0 Å². The van der Waals surface area contributed by atoms with Crippen LogP contribution in [0.5, 0.6) is 0 Å². The maximum atomic E-state index is 12.3. The predicted octanol–water partition coefficient (Wildman–Crippen LogP) is 0.489. The molecular formula is C13H25N3O2. The number of carbonyl (C=O) groups excluding carboxylic acids is 2. The van der Waals surface area contributed by atoms with Gasteiger partial charge in [0.2, 0.25) is 11.8 Å². The molecule has 0 aromatic carbocycles. The van der Waals surface area contributed by atoms with E-state index in [9.17, 15) is 9.59 Å². The SMILES string of the molecule is CCCN(CC(C)(C)CN)C(=O)[C@@H]1CCC(=O)N1. The van der Waals surface area contributed by atoms with Crippen LogP contribution in [0.15, 0.2) is 0 Å². The lowest BCUT2D eigenvalue weighted by Gasteiger charge is -2.33. The minimum absolute atomic E-state index is 0.0251. The van der Waals surface area contributed by atoms with Gasteiger partial charge in [-0.1, -0.05) is 20.8 Å². The van der Waals surface area contributed by atoms with Gasteiger partial charge in [-0.25, -0.2) is 0 Å². The zero-order chi connectivity index (χ0) is 13.8. The lowest BCUT2D eigenvalue weighted by atomic mass is 9.92. The van der Waals surface area contributed by atoms with Crippen LogP contribution in [-0.4, -0.2) is 42.4 Å². The molecular weight excluding hydrogens is 230 g/mol. The van der Waals surface area contributed by atoms with Crippen molar-refractivity contribution >= 4 is 11.8 Å². The molecule has 0 aromatic heterocycles. The van der Waals surface area contributed by atoms with Gasteiger partial charge in [-0.3, -0.25) is 9.59 Å². The second-order valence-corrected chi connectivity index (χ2v) is 5.79. The van der Waals surface area contributed by atoms with Crippen molar-refractivity contribution in [2.24, 2.45) is 11.1 Å².